The zero-order valence-electron chi connectivity index (χ0n) is 18.7. The molecule has 4 bridgehead atoms. The fourth-order valence-electron chi connectivity index (χ4n) is 9.70. The van der Waals surface area contributed by atoms with Crippen LogP contribution in [0.2, 0.25) is 0 Å². The fraction of sp³-hybridized carbons (Fsp3) is 0.593. The molecule has 0 spiro atoms. The molecule has 1 amide bonds. The van der Waals surface area contributed by atoms with E-state index in [1.54, 1.807) is 0 Å². The number of piperidine rings is 1. The van der Waals surface area contributed by atoms with Gasteiger partial charge in [-0.15, -0.1) is 0 Å². The van der Waals surface area contributed by atoms with Crippen molar-refractivity contribution in [3.63, 3.8) is 0 Å². The lowest BCUT2D eigenvalue weighted by molar-refractivity contribution is -0.191. The van der Waals surface area contributed by atoms with Crippen LogP contribution in [-0.4, -0.2) is 53.2 Å². The van der Waals surface area contributed by atoms with Crippen molar-refractivity contribution in [3.8, 4) is 5.75 Å². The zero-order chi connectivity index (χ0) is 21.7. The quantitative estimate of drug-likeness (QED) is 0.703. The molecule has 2 saturated heterocycles. The Hall–Kier alpha value is -2.27. The van der Waals surface area contributed by atoms with Crippen molar-refractivity contribution in [3.05, 3.63) is 54.3 Å². The van der Waals surface area contributed by atoms with E-state index >= 15 is 0 Å². The van der Waals surface area contributed by atoms with Gasteiger partial charge in [-0.2, -0.15) is 0 Å². The molecule has 7 unspecified atom stereocenters. The fourth-order valence-corrected chi connectivity index (χ4v) is 9.70. The largest absolute Gasteiger partial charge is 0.508 e. The number of fused-ring (bicyclic) bond motifs is 1. The number of hydrogen-bond acceptors (Lipinski definition) is 4. The smallest absolute Gasteiger partial charge is 0.415 e. The molecule has 1 aromatic rings. The number of hydrogen-bond donors (Lipinski definition) is 1. The summed E-state index contributed by atoms with van der Waals surface area (Å²) in [5, 5.41) is 10.5. The SMILES string of the molecule is CN1CCC23C4C=C(O)C=CC4CC1C21CCC2C3[C@@H](CN2C(=O)Oc2ccccc2)C1. The highest BCUT2D eigenvalue weighted by atomic mass is 16.6. The topological polar surface area (TPSA) is 53.0 Å². The highest BCUT2D eigenvalue weighted by Crippen LogP contribution is 2.78. The number of allylic oxidation sites excluding steroid dienone is 3. The maximum absolute atomic E-state index is 13.3. The molecule has 32 heavy (non-hydrogen) atoms. The van der Waals surface area contributed by atoms with Gasteiger partial charge in [0, 0.05) is 18.6 Å². The van der Waals surface area contributed by atoms with Crippen LogP contribution in [0.5, 0.6) is 5.75 Å². The zero-order valence-corrected chi connectivity index (χ0v) is 18.7. The lowest BCUT2D eigenvalue weighted by atomic mass is 9.39. The minimum Gasteiger partial charge on any atom is -0.508 e. The lowest BCUT2D eigenvalue weighted by Crippen LogP contribution is -2.70. The molecule has 2 heterocycles. The van der Waals surface area contributed by atoms with Gasteiger partial charge in [0.05, 0.1) is 0 Å². The van der Waals surface area contributed by atoms with Crippen LogP contribution in [0.25, 0.3) is 0 Å². The predicted octanol–water partition coefficient (Wildman–Crippen LogP) is 4.62. The summed E-state index contributed by atoms with van der Waals surface area (Å²) >= 11 is 0. The second-order valence-corrected chi connectivity index (χ2v) is 11.2. The molecule has 5 fully saturated rings. The van der Waals surface area contributed by atoms with Gasteiger partial charge in [0.25, 0.3) is 0 Å². The van der Waals surface area contributed by atoms with E-state index < -0.39 is 0 Å². The number of amides is 1. The molecule has 1 aromatic carbocycles. The van der Waals surface area contributed by atoms with Crippen molar-refractivity contribution in [2.75, 3.05) is 20.1 Å². The first kappa shape index (κ1) is 19.2. The van der Waals surface area contributed by atoms with Crippen LogP contribution in [0, 0.1) is 34.5 Å². The molecule has 5 nitrogen and oxygen atoms in total. The van der Waals surface area contributed by atoms with Gasteiger partial charge in [-0.1, -0.05) is 24.3 Å². The van der Waals surface area contributed by atoms with E-state index in [1.807, 2.05) is 36.4 Å². The van der Waals surface area contributed by atoms with Crippen molar-refractivity contribution in [2.24, 2.45) is 34.5 Å². The van der Waals surface area contributed by atoms with Gasteiger partial charge in [0.1, 0.15) is 11.5 Å². The lowest BCUT2D eigenvalue weighted by Gasteiger charge is -2.69. The summed E-state index contributed by atoms with van der Waals surface area (Å²) in [5.41, 5.74) is 0.506. The van der Waals surface area contributed by atoms with Crippen LogP contribution < -0.4 is 4.74 Å². The van der Waals surface area contributed by atoms with Crippen LogP contribution >= 0.6 is 0 Å². The molecule has 8 atom stereocenters. The summed E-state index contributed by atoms with van der Waals surface area (Å²) in [6, 6.07) is 10.3. The number of aliphatic hydroxyl groups excluding tert-OH is 1. The van der Waals surface area contributed by atoms with E-state index in [9.17, 15) is 9.90 Å². The minimum absolute atomic E-state index is 0.182. The number of likely N-dealkylation sites (tertiary alicyclic amines) is 2. The average Bonchev–Trinajstić information content (AvgIpc) is 3.24. The second kappa shape index (κ2) is 6.40. The van der Waals surface area contributed by atoms with E-state index in [2.05, 4.69) is 29.0 Å². The van der Waals surface area contributed by atoms with Crippen LogP contribution in [0.15, 0.2) is 54.3 Å². The molecule has 7 rings (SSSR count). The van der Waals surface area contributed by atoms with Crippen molar-refractivity contribution in [2.45, 2.75) is 44.2 Å². The summed E-state index contributed by atoms with van der Waals surface area (Å²) in [5.74, 6) is 3.00. The molecule has 0 aromatic heterocycles. The summed E-state index contributed by atoms with van der Waals surface area (Å²) in [7, 11) is 2.33. The van der Waals surface area contributed by atoms with E-state index in [-0.39, 0.29) is 17.6 Å². The van der Waals surface area contributed by atoms with E-state index in [0.717, 1.165) is 19.5 Å². The summed E-state index contributed by atoms with van der Waals surface area (Å²) in [4.78, 5) is 18.0. The summed E-state index contributed by atoms with van der Waals surface area (Å²) in [6.45, 7) is 1.95. The first-order valence-corrected chi connectivity index (χ1v) is 12.4. The van der Waals surface area contributed by atoms with Crippen molar-refractivity contribution in [1.82, 2.24) is 9.80 Å². The molecular formula is C27H32N2O3. The van der Waals surface area contributed by atoms with Crippen LogP contribution in [0.1, 0.15) is 32.1 Å². The average molecular weight is 433 g/mol. The Labute approximate surface area is 189 Å². The number of rotatable bonds is 1. The Morgan fingerprint density at radius 1 is 1.22 bits per heavy atom. The van der Waals surface area contributed by atoms with Gasteiger partial charge in [-0.3, -0.25) is 0 Å². The maximum Gasteiger partial charge on any atom is 0.415 e. The van der Waals surface area contributed by atoms with E-state index in [4.69, 9.17) is 4.74 Å². The Kier molecular flexibility index (Phi) is 3.85. The van der Waals surface area contributed by atoms with Gasteiger partial charge < -0.3 is 19.6 Å². The van der Waals surface area contributed by atoms with Gasteiger partial charge >= 0.3 is 6.09 Å². The molecular weight excluding hydrogens is 400 g/mol. The van der Waals surface area contributed by atoms with Crippen LogP contribution in [0.3, 0.4) is 0 Å². The van der Waals surface area contributed by atoms with Crippen molar-refractivity contribution < 1.29 is 14.6 Å². The van der Waals surface area contributed by atoms with Crippen LogP contribution in [0.4, 0.5) is 4.79 Å². The number of para-hydroxylation sites is 1. The molecule has 2 aliphatic heterocycles. The molecule has 5 heteroatoms. The summed E-state index contributed by atoms with van der Waals surface area (Å²) in [6.07, 6.45) is 12.1. The number of aliphatic hydroxyl groups is 1. The van der Waals surface area contributed by atoms with E-state index in [0.29, 0.717) is 46.6 Å². The number of benzene rings is 1. The Balaban J connectivity index is 1.28. The van der Waals surface area contributed by atoms with Crippen molar-refractivity contribution >= 4 is 6.09 Å². The molecule has 0 radical (unpaired) electrons. The third kappa shape index (κ3) is 2.21. The monoisotopic (exact) mass is 432 g/mol. The summed E-state index contributed by atoms with van der Waals surface area (Å²) < 4.78 is 5.81. The molecule has 1 N–H and O–H groups in total. The van der Waals surface area contributed by atoms with Crippen molar-refractivity contribution in [1.29, 1.82) is 0 Å². The third-order valence-electron chi connectivity index (χ3n) is 10.4. The minimum atomic E-state index is -0.182. The Morgan fingerprint density at radius 2 is 2.06 bits per heavy atom. The first-order chi connectivity index (χ1) is 15.5. The number of ether oxygens (including phenoxy) is 1. The normalized spacial score (nSPS) is 45.8. The Bertz CT molecular complexity index is 1020. The highest BCUT2D eigenvalue weighted by molar-refractivity contribution is 5.72. The van der Waals surface area contributed by atoms with Gasteiger partial charge in [-0.25, -0.2) is 4.79 Å². The molecule has 3 saturated carbocycles. The van der Waals surface area contributed by atoms with Crippen LogP contribution in [-0.2, 0) is 0 Å². The van der Waals surface area contributed by atoms with Gasteiger partial charge in [0.2, 0.25) is 0 Å². The molecule has 4 aliphatic carbocycles. The number of carbonyl (C=O) groups is 1. The highest BCUT2D eigenvalue weighted by Gasteiger charge is 2.78. The molecule has 6 aliphatic rings. The first-order valence-electron chi connectivity index (χ1n) is 12.4. The standard InChI is InChI=1S/C27H32N2O3/c1-28-12-11-27-21-14-19(30)8-7-17(21)13-23(28)26(27)10-9-22-24(27)18(15-26)16-29(22)25(31)32-20-5-3-2-4-6-20/h2-8,14,17-18,21-24,30H,9-13,15-16H2,1H3/t17?,18-,21?,22?,23?,24?,26?,27?/m1/s1. The number of nitrogens with zero attached hydrogens (tertiary/aromatic N) is 2. The van der Waals surface area contributed by atoms with E-state index in [1.165, 1.54) is 25.7 Å². The van der Waals surface area contributed by atoms with Gasteiger partial charge in [-0.05, 0) is 104 Å². The Morgan fingerprint density at radius 3 is 2.91 bits per heavy atom. The third-order valence-corrected chi connectivity index (χ3v) is 10.4. The van der Waals surface area contributed by atoms with Gasteiger partial charge in [0.15, 0.2) is 0 Å². The molecule has 168 valence electrons. The maximum atomic E-state index is 13.3. The predicted molar refractivity (Wildman–Crippen MR) is 121 cm³/mol. The number of carbonyl (C=O) groups excluding carboxylic acids is 1. The second-order valence-electron chi connectivity index (χ2n) is 11.2.